The van der Waals surface area contributed by atoms with Crippen molar-refractivity contribution in [2.75, 3.05) is 10.6 Å². The standard InChI is InChI=1S/C19H16F3N5O2/c1-2-12-7-3-5-9-14(12)25-17-16(27(28)29)18(24-11-23-17)26-15-10-6-4-8-13(15)19(20,21)22/h3-11H,2H2,1H3,(H2,23,24,25,26). The molecule has 0 atom stereocenters. The van der Waals surface area contributed by atoms with Gasteiger partial charge in [0, 0.05) is 5.69 Å². The van der Waals surface area contributed by atoms with Gasteiger partial charge in [-0.15, -0.1) is 0 Å². The van der Waals surface area contributed by atoms with Crippen molar-refractivity contribution in [2.45, 2.75) is 19.5 Å². The van der Waals surface area contributed by atoms with Gasteiger partial charge in [-0.25, -0.2) is 9.97 Å². The number of benzene rings is 2. The summed E-state index contributed by atoms with van der Waals surface area (Å²) in [5.41, 5.74) is -0.355. The van der Waals surface area contributed by atoms with E-state index < -0.39 is 22.4 Å². The molecule has 29 heavy (non-hydrogen) atoms. The maximum absolute atomic E-state index is 13.2. The van der Waals surface area contributed by atoms with E-state index >= 15 is 0 Å². The largest absolute Gasteiger partial charge is 0.418 e. The average Bonchev–Trinajstić information content (AvgIpc) is 2.68. The van der Waals surface area contributed by atoms with Crippen LogP contribution in [0.4, 0.5) is 41.9 Å². The minimum absolute atomic E-state index is 0.127. The molecule has 150 valence electrons. The van der Waals surface area contributed by atoms with E-state index in [1.54, 1.807) is 12.1 Å². The second-order valence-corrected chi connectivity index (χ2v) is 5.98. The highest BCUT2D eigenvalue weighted by molar-refractivity contribution is 5.78. The van der Waals surface area contributed by atoms with Crippen LogP contribution in [0, 0.1) is 10.1 Å². The zero-order valence-corrected chi connectivity index (χ0v) is 15.2. The van der Waals surface area contributed by atoms with Gasteiger partial charge < -0.3 is 10.6 Å². The van der Waals surface area contributed by atoms with E-state index in [1.807, 2.05) is 19.1 Å². The Morgan fingerprint density at radius 1 is 0.966 bits per heavy atom. The van der Waals surface area contributed by atoms with Crippen LogP contribution in [0.5, 0.6) is 0 Å². The molecule has 0 aliphatic rings. The highest BCUT2D eigenvalue weighted by Crippen LogP contribution is 2.38. The summed E-state index contributed by atoms with van der Waals surface area (Å²) >= 11 is 0. The van der Waals surface area contributed by atoms with Crippen molar-refractivity contribution >= 4 is 28.7 Å². The summed E-state index contributed by atoms with van der Waals surface area (Å²) in [6.45, 7) is 1.93. The zero-order valence-electron chi connectivity index (χ0n) is 15.2. The Balaban J connectivity index is 2.04. The van der Waals surface area contributed by atoms with Crippen molar-refractivity contribution < 1.29 is 18.1 Å². The number of nitrogens with one attached hydrogen (secondary N) is 2. The third-order valence-corrected chi connectivity index (χ3v) is 4.14. The predicted molar refractivity (Wildman–Crippen MR) is 103 cm³/mol. The molecule has 1 heterocycles. The highest BCUT2D eigenvalue weighted by Gasteiger charge is 2.34. The predicted octanol–water partition coefficient (Wildman–Crippen LogP) is 5.45. The third-order valence-electron chi connectivity index (χ3n) is 4.14. The molecular formula is C19H16F3N5O2. The van der Waals surface area contributed by atoms with Crippen molar-refractivity contribution in [1.29, 1.82) is 0 Å². The summed E-state index contributed by atoms with van der Waals surface area (Å²) < 4.78 is 39.7. The van der Waals surface area contributed by atoms with Crippen LogP contribution in [0.1, 0.15) is 18.1 Å². The van der Waals surface area contributed by atoms with Crippen molar-refractivity contribution in [1.82, 2.24) is 9.97 Å². The molecule has 0 saturated carbocycles. The summed E-state index contributed by atoms with van der Waals surface area (Å²) in [4.78, 5) is 18.7. The fourth-order valence-electron chi connectivity index (χ4n) is 2.78. The molecule has 0 unspecified atom stereocenters. The van der Waals surface area contributed by atoms with Crippen LogP contribution in [0.3, 0.4) is 0 Å². The second-order valence-electron chi connectivity index (χ2n) is 5.98. The molecule has 7 nitrogen and oxygen atoms in total. The Bertz CT molecular complexity index is 1040. The van der Waals surface area contributed by atoms with Crippen LogP contribution in [0.15, 0.2) is 54.9 Å². The highest BCUT2D eigenvalue weighted by atomic mass is 19.4. The molecule has 3 rings (SSSR count). The topological polar surface area (TPSA) is 93.0 Å². The van der Waals surface area contributed by atoms with E-state index in [-0.39, 0.29) is 17.3 Å². The number of aromatic nitrogens is 2. The molecule has 0 spiro atoms. The number of alkyl halides is 3. The Hall–Kier alpha value is -3.69. The number of para-hydroxylation sites is 2. The molecule has 0 saturated heterocycles. The smallest absolute Gasteiger partial charge is 0.334 e. The van der Waals surface area contributed by atoms with Gasteiger partial charge in [-0.05, 0) is 30.2 Å². The summed E-state index contributed by atoms with van der Waals surface area (Å²) in [7, 11) is 0. The average molecular weight is 403 g/mol. The first-order valence-corrected chi connectivity index (χ1v) is 8.58. The molecule has 1 aromatic heterocycles. The number of rotatable bonds is 6. The molecule has 2 aromatic carbocycles. The van der Waals surface area contributed by atoms with E-state index in [0.29, 0.717) is 12.1 Å². The lowest BCUT2D eigenvalue weighted by Crippen LogP contribution is -2.11. The lowest BCUT2D eigenvalue weighted by molar-refractivity contribution is -0.383. The van der Waals surface area contributed by atoms with Crippen LogP contribution in [-0.2, 0) is 12.6 Å². The molecule has 0 aliphatic carbocycles. The first-order chi connectivity index (χ1) is 13.8. The second kappa shape index (κ2) is 8.13. The first-order valence-electron chi connectivity index (χ1n) is 8.58. The quantitative estimate of drug-likeness (QED) is 0.420. The van der Waals surface area contributed by atoms with Crippen LogP contribution in [-0.4, -0.2) is 14.9 Å². The first kappa shape index (κ1) is 20.1. The minimum atomic E-state index is -4.63. The van der Waals surface area contributed by atoms with Crippen LogP contribution in [0.25, 0.3) is 0 Å². The molecule has 0 bridgehead atoms. The molecule has 3 aromatic rings. The number of aryl methyl sites for hydroxylation is 1. The monoisotopic (exact) mass is 403 g/mol. The lowest BCUT2D eigenvalue weighted by Gasteiger charge is -2.15. The number of anilines is 4. The van der Waals surface area contributed by atoms with Crippen LogP contribution >= 0.6 is 0 Å². The molecule has 0 radical (unpaired) electrons. The maximum atomic E-state index is 13.2. The molecule has 0 fully saturated rings. The fourth-order valence-corrected chi connectivity index (χ4v) is 2.78. The van der Waals surface area contributed by atoms with Gasteiger partial charge in [0.15, 0.2) is 0 Å². The van der Waals surface area contributed by atoms with Crippen LogP contribution in [0.2, 0.25) is 0 Å². The van der Waals surface area contributed by atoms with Gasteiger partial charge >= 0.3 is 11.9 Å². The van der Waals surface area contributed by atoms with Crippen molar-refractivity contribution in [3.05, 3.63) is 76.1 Å². The van der Waals surface area contributed by atoms with E-state index in [2.05, 4.69) is 20.6 Å². The maximum Gasteiger partial charge on any atom is 0.418 e. The number of nitro groups is 1. The van der Waals surface area contributed by atoms with Gasteiger partial charge in [-0.2, -0.15) is 13.2 Å². The third kappa shape index (κ3) is 4.42. The van der Waals surface area contributed by atoms with Gasteiger partial charge in [0.2, 0.25) is 11.6 Å². The SMILES string of the molecule is CCc1ccccc1Nc1ncnc(Nc2ccccc2C(F)(F)F)c1[N+](=O)[O-]. The van der Waals surface area contributed by atoms with Gasteiger partial charge in [-0.1, -0.05) is 37.3 Å². The van der Waals surface area contributed by atoms with Gasteiger partial charge in [0.05, 0.1) is 16.2 Å². The van der Waals surface area contributed by atoms with Crippen molar-refractivity contribution in [2.24, 2.45) is 0 Å². The molecule has 2 N–H and O–H groups in total. The normalized spacial score (nSPS) is 11.2. The number of hydrogen-bond acceptors (Lipinski definition) is 6. The van der Waals surface area contributed by atoms with E-state index in [4.69, 9.17) is 0 Å². The van der Waals surface area contributed by atoms with Gasteiger partial charge in [-0.3, -0.25) is 10.1 Å². The molecule has 10 heteroatoms. The minimum Gasteiger partial charge on any atom is -0.334 e. The number of nitrogens with zero attached hydrogens (tertiary/aromatic N) is 3. The Morgan fingerprint density at radius 3 is 2.10 bits per heavy atom. The summed E-state index contributed by atoms with van der Waals surface area (Å²) in [5, 5.41) is 17.0. The summed E-state index contributed by atoms with van der Waals surface area (Å²) in [6.07, 6.45) is -2.92. The van der Waals surface area contributed by atoms with E-state index in [0.717, 1.165) is 18.0 Å². The van der Waals surface area contributed by atoms with Crippen molar-refractivity contribution in [3.8, 4) is 0 Å². The molecule has 0 amide bonds. The molecular weight excluding hydrogens is 387 g/mol. The molecule has 0 aliphatic heterocycles. The summed E-state index contributed by atoms with van der Waals surface area (Å²) in [5.74, 6) is -0.476. The Kier molecular flexibility index (Phi) is 5.62. The summed E-state index contributed by atoms with van der Waals surface area (Å²) in [6, 6.07) is 11.9. The van der Waals surface area contributed by atoms with Crippen LogP contribution < -0.4 is 10.6 Å². The Labute approximate surface area is 163 Å². The van der Waals surface area contributed by atoms with Gasteiger partial charge in [0.25, 0.3) is 0 Å². The van der Waals surface area contributed by atoms with E-state index in [1.165, 1.54) is 18.2 Å². The zero-order chi connectivity index (χ0) is 21.0. The van der Waals surface area contributed by atoms with Gasteiger partial charge in [0.1, 0.15) is 6.33 Å². The lowest BCUT2D eigenvalue weighted by atomic mass is 10.1. The fraction of sp³-hybridized carbons (Fsp3) is 0.158. The van der Waals surface area contributed by atoms with Crippen molar-refractivity contribution in [3.63, 3.8) is 0 Å². The number of hydrogen-bond donors (Lipinski definition) is 2. The van der Waals surface area contributed by atoms with E-state index in [9.17, 15) is 23.3 Å². The number of halogens is 3. The Morgan fingerprint density at radius 2 is 1.52 bits per heavy atom.